The third kappa shape index (κ3) is 4.82. The zero-order chi connectivity index (χ0) is 17.6. The van der Waals surface area contributed by atoms with Gasteiger partial charge in [-0.1, -0.05) is 0 Å². The van der Waals surface area contributed by atoms with Crippen LogP contribution in [0.2, 0.25) is 0 Å². The second kappa shape index (κ2) is 8.81. The largest absolute Gasteiger partial charge is 0.376 e. The lowest BCUT2D eigenvalue weighted by molar-refractivity contribution is -0.121. The Morgan fingerprint density at radius 3 is 2.88 bits per heavy atom. The zero-order valence-corrected chi connectivity index (χ0v) is 15.7. The van der Waals surface area contributed by atoms with Gasteiger partial charge in [-0.2, -0.15) is 5.10 Å². The summed E-state index contributed by atoms with van der Waals surface area (Å²) in [5.41, 5.74) is 3.54. The van der Waals surface area contributed by atoms with Crippen molar-refractivity contribution in [3.05, 3.63) is 17.0 Å². The molecule has 1 fully saturated rings. The fourth-order valence-electron chi connectivity index (χ4n) is 3.82. The van der Waals surface area contributed by atoms with Crippen molar-refractivity contribution >= 4 is 5.91 Å². The first-order valence-electron chi connectivity index (χ1n) is 9.81. The average Bonchev–Trinajstić information content (AvgIpc) is 3.24. The van der Waals surface area contributed by atoms with E-state index in [4.69, 9.17) is 9.84 Å². The number of rotatable bonds is 8. The summed E-state index contributed by atoms with van der Waals surface area (Å²) in [5, 5.41) is 7.82. The van der Waals surface area contributed by atoms with Gasteiger partial charge in [0.25, 0.3) is 0 Å². The lowest BCUT2D eigenvalue weighted by Gasteiger charge is -2.16. The van der Waals surface area contributed by atoms with Gasteiger partial charge in [0, 0.05) is 43.1 Å². The van der Waals surface area contributed by atoms with Crippen LogP contribution in [0, 0.1) is 0 Å². The van der Waals surface area contributed by atoms with Crippen molar-refractivity contribution in [2.24, 2.45) is 0 Å². The molecule has 1 amide bonds. The molecule has 1 saturated heterocycles. The van der Waals surface area contributed by atoms with E-state index in [9.17, 15) is 4.79 Å². The number of aromatic nitrogens is 2. The first-order chi connectivity index (χ1) is 12.1. The molecule has 0 bridgehead atoms. The Kier molecular flexibility index (Phi) is 6.48. The van der Waals surface area contributed by atoms with Crippen LogP contribution in [0.1, 0.15) is 62.5 Å². The molecule has 0 atom stereocenters. The Morgan fingerprint density at radius 2 is 2.12 bits per heavy atom. The van der Waals surface area contributed by atoms with Crippen LogP contribution >= 0.6 is 0 Å². The molecule has 0 unspecified atom stereocenters. The second-order valence-corrected chi connectivity index (χ2v) is 7.47. The van der Waals surface area contributed by atoms with Crippen molar-refractivity contribution < 1.29 is 9.53 Å². The van der Waals surface area contributed by atoms with E-state index >= 15 is 0 Å². The third-order valence-electron chi connectivity index (χ3n) is 5.18. The summed E-state index contributed by atoms with van der Waals surface area (Å²) in [5.74, 6) is 0.131. The first-order valence-corrected chi connectivity index (χ1v) is 9.81. The molecule has 0 spiro atoms. The van der Waals surface area contributed by atoms with Gasteiger partial charge in [-0.25, -0.2) is 0 Å². The molecule has 0 aliphatic carbocycles. The number of likely N-dealkylation sites (tertiary alicyclic amines) is 1. The van der Waals surface area contributed by atoms with Gasteiger partial charge in [0.2, 0.25) is 5.91 Å². The molecule has 1 aromatic heterocycles. The lowest BCUT2D eigenvalue weighted by atomic mass is 10.1. The third-order valence-corrected chi connectivity index (χ3v) is 5.18. The molecular formula is C19H32N4O2. The van der Waals surface area contributed by atoms with Gasteiger partial charge < -0.3 is 15.0 Å². The van der Waals surface area contributed by atoms with E-state index in [0.29, 0.717) is 25.5 Å². The number of nitrogens with one attached hydrogen (secondary N) is 1. The minimum absolute atomic E-state index is 0.131. The molecule has 0 saturated carbocycles. The molecule has 0 radical (unpaired) electrons. The zero-order valence-electron chi connectivity index (χ0n) is 15.7. The summed E-state index contributed by atoms with van der Waals surface area (Å²) < 4.78 is 7.72. The molecule has 0 aromatic carbocycles. The Bertz CT molecular complexity index is 576. The number of fused-ring (bicyclic) bond motifs is 1. The maximum Gasteiger partial charge on any atom is 0.220 e. The van der Waals surface area contributed by atoms with Gasteiger partial charge in [-0.05, 0) is 52.7 Å². The van der Waals surface area contributed by atoms with Gasteiger partial charge in [0.05, 0.1) is 18.9 Å². The highest BCUT2D eigenvalue weighted by atomic mass is 16.5. The van der Waals surface area contributed by atoms with Gasteiger partial charge >= 0.3 is 0 Å². The molecule has 1 aromatic rings. The maximum absolute atomic E-state index is 12.1. The number of ether oxygens (including phenoxy) is 1. The number of carbonyl (C=O) groups is 1. The summed E-state index contributed by atoms with van der Waals surface area (Å²) >= 11 is 0. The van der Waals surface area contributed by atoms with E-state index < -0.39 is 0 Å². The van der Waals surface area contributed by atoms with E-state index in [2.05, 4.69) is 28.7 Å². The minimum Gasteiger partial charge on any atom is -0.376 e. The van der Waals surface area contributed by atoms with Gasteiger partial charge in [0.15, 0.2) is 0 Å². The van der Waals surface area contributed by atoms with Crippen molar-refractivity contribution in [1.82, 2.24) is 20.0 Å². The van der Waals surface area contributed by atoms with Crippen LogP contribution in [-0.4, -0.2) is 53.4 Å². The molecule has 25 heavy (non-hydrogen) atoms. The molecule has 6 heteroatoms. The highest BCUT2D eigenvalue weighted by molar-refractivity contribution is 5.76. The van der Waals surface area contributed by atoms with Crippen LogP contribution in [0.25, 0.3) is 0 Å². The van der Waals surface area contributed by atoms with E-state index in [1.165, 1.54) is 37.2 Å². The monoisotopic (exact) mass is 348 g/mol. The smallest absolute Gasteiger partial charge is 0.220 e. The molecule has 2 aliphatic heterocycles. The van der Waals surface area contributed by atoms with Crippen LogP contribution in [0.4, 0.5) is 0 Å². The molecule has 6 nitrogen and oxygen atoms in total. The Morgan fingerprint density at radius 1 is 1.32 bits per heavy atom. The molecule has 3 rings (SSSR count). The predicted octanol–water partition coefficient (Wildman–Crippen LogP) is 2.07. The molecule has 2 aliphatic rings. The highest BCUT2D eigenvalue weighted by Gasteiger charge is 2.22. The summed E-state index contributed by atoms with van der Waals surface area (Å²) in [6, 6.07) is 0.347. The van der Waals surface area contributed by atoms with E-state index in [1.54, 1.807) is 0 Å². The molecule has 3 heterocycles. The normalized spacial score (nSPS) is 17.9. The van der Waals surface area contributed by atoms with Crippen LogP contribution in [0.3, 0.4) is 0 Å². The summed E-state index contributed by atoms with van der Waals surface area (Å²) in [4.78, 5) is 14.6. The highest BCUT2D eigenvalue weighted by Crippen LogP contribution is 2.24. The molecular weight excluding hydrogens is 316 g/mol. The molecule has 140 valence electrons. The SMILES string of the molecule is CC(C)n1nc(CCC(=O)NCCCN2CCCC2)c2c1CCOC2. The first kappa shape index (κ1) is 18.4. The van der Waals surface area contributed by atoms with Gasteiger partial charge in [-0.15, -0.1) is 0 Å². The number of hydrogen-bond donors (Lipinski definition) is 1. The van der Waals surface area contributed by atoms with Gasteiger partial charge in [-0.3, -0.25) is 9.48 Å². The number of amides is 1. The second-order valence-electron chi connectivity index (χ2n) is 7.47. The van der Waals surface area contributed by atoms with E-state index in [1.807, 2.05) is 0 Å². The number of aryl methyl sites for hydroxylation is 1. The summed E-state index contributed by atoms with van der Waals surface area (Å²) in [7, 11) is 0. The Hall–Kier alpha value is -1.40. The van der Waals surface area contributed by atoms with Crippen molar-refractivity contribution in [3.8, 4) is 0 Å². The quantitative estimate of drug-likeness (QED) is 0.731. The fraction of sp³-hybridized carbons (Fsp3) is 0.789. The van der Waals surface area contributed by atoms with Crippen molar-refractivity contribution in [2.45, 2.75) is 65.0 Å². The van der Waals surface area contributed by atoms with Crippen LogP contribution in [0.5, 0.6) is 0 Å². The van der Waals surface area contributed by atoms with E-state index in [0.717, 1.165) is 38.2 Å². The van der Waals surface area contributed by atoms with Crippen molar-refractivity contribution in [3.63, 3.8) is 0 Å². The van der Waals surface area contributed by atoms with Crippen molar-refractivity contribution in [2.75, 3.05) is 32.8 Å². The fourth-order valence-corrected chi connectivity index (χ4v) is 3.82. The average molecular weight is 348 g/mol. The predicted molar refractivity (Wildman–Crippen MR) is 97.6 cm³/mol. The number of nitrogens with zero attached hydrogens (tertiary/aromatic N) is 3. The van der Waals surface area contributed by atoms with Crippen LogP contribution in [-0.2, 0) is 29.0 Å². The summed E-state index contributed by atoms with van der Waals surface area (Å²) in [6.45, 7) is 10.0. The topological polar surface area (TPSA) is 59.4 Å². The Balaban J connectivity index is 1.44. The van der Waals surface area contributed by atoms with E-state index in [-0.39, 0.29) is 5.91 Å². The van der Waals surface area contributed by atoms with Crippen LogP contribution < -0.4 is 5.32 Å². The number of carbonyl (C=O) groups excluding carboxylic acids is 1. The lowest BCUT2D eigenvalue weighted by Crippen LogP contribution is -2.28. The summed E-state index contributed by atoms with van der Waals surface area (Å²) in [6.07, 6.45) is 5.81. The van der Waals surface area contributed by atoms with Crippen LogP contribution in [0.15, 0.2) is 0 Å². The van der Waals surface area contributed by atoms with Crippen molar-refractivity contribution in [1.29, 1.82) is 0 Å². The molecule has 1 N–H and O–H groups in total. The minimum atomic E-state index is 0.131. The Labute approximate surface area is 150 Å². The van der Waals surface area contributed by atoms with Gasteiger partial charge in [0.1, 0.15) is 0 Å². The number of hydrogen-bond acceptors (Lipinski definition) is 4. The standard InChI is InChI=1S/C19H32N4O2/c1-15(2)23-18-8-13-25-14-16(18)17(21-23)6-7-19(24)20-9-5-12-22-10-3-4-11-22/h15H,3-14H2,1-2H3,(H,20,24). The maximum atomic E-state index is 12.1.